The molecule has 0 saturated carbocycles. The van der Waals surface area contributed by atoms with Gasteiger partial charge in [0.15, 0.2) is 6.61 Å². The van der Waals surface area contributed by atoms with Crippen molar-refractivity contribution in [2.45, 2.75) is 6.92 Å². The van der Waals surface area contributed by atoms with E-state index in [4.69, 9.17) is 15.2 Å². The van der Waals surface area contributed by atoms with E-state index in [1.165, 1.54) is 0 Å². The van der Waals surface area contributed by atoms with Gasteiger partial charge in [0.2, 0.25) is 0 Å². The minimum absolute atomic E-state index is 0. The van der Waals surface area contributed by atoms with Crippen molar-refractivity contribution in [1.82, 2.24) is 0 Å². The Morgan fingerprint density at radius 2 is 2.07 bits per heavy atom. The summed E-state index contributed by atoms with van der Waals surface area (Å²) in [7, 11) is 0. The van der Waals surface area contributed by atoms with Gasteiger partial charge < -0.3 is 15.2 Å². The second-order valence-electron chi connectivity index (χ2n) is 2.63. The number of esters is 1. The van der Waals surface area contributed by atoms with Crippen LogP contribution in [0.1, 0.15) is 6.92 Å². The molecule has 0 atom stereocenters. The van der Waals surface area contributed by atoms with E-state index in [1.54, 1.807) is 31.2 Å². The molecule has 0 heterocycles. The summed E-state index contributed by atoms with van der Waals surface area (Å²) >= 11 is 0. The number of nitrogens with two attached hydrogens (primary N) is 1. The van der Waals surface area contributed by atoms with Gasteiger partial charge >= 0.3 is 5.97 Å². The average Bonchev–Trinajstić information content (AvgIpc) is 2.17. The molecule has 15 heavy (non-hydrogen) atoms. The fourth-order valence-corrected chi connectivity index (χ4v) is 0.951. The second kappa shape index (κ2) is 6.95. The molecule has 0 amide bonds. The van der Waals surface area contributed by atoms with Crippen molar-refractivity contribution in [1.29, 1.82) is 0 Å². The van der Waals surface area contributed by atoms with Crippen LogP contribution >= 0.6 is 12.4 Å². The van der Waals surface area contributed by atoms with Crippen LogP contribution < -0.4 is 10.5 Å². The van der Waals surface area contributed by atoms with Crippen LogP contribution in [0.2, 0.25) is 0 Å². The fraction of sp³-hybridized carbons (Fsp3) is 0.300. The van der Waals surface area contributed by atoms with Gasteiger partial charge in [-0.05, 0) is 19.1 Å². The van der Waals surface area contributed by atoms with Gasteiger partial charge in [0.05, 0.1) is 12.3 Å². The van der Waals surface area contributed by atoms with Gasteiger partial charge in [-0.3, -0.25) is 0 Å². The van der Waals surface area contributed by atoms with Crippen LogP contribution in [0.5, 0.6) is 5.75 Å². The topological polar surface area (TPSA) is 61.5 Å². The van der Waals surface area contributed by atoms with Gasteiger partial charge in [-0.15, -0.1) is 12.4 Å². The van der Waals surface area contributed by atoms with E-state index in [0.29, 0.717) is 18.0 Å². The van der Waals surface area contributed by atoms with E-state index in [9.17, 15) is 4.79 Å². The zero-order valence-corrected chi connectivity index (χ0v) is 9.25. The number of benzene rings is 1. The second-order valence-corrected chi connectivity index (χ2v) is 2.63. The highest BCUT2D eigenvalue weighted by molar-refractivity contribution is 5.85. The third-order valence-corrected chi connectivity index (χ3v) is 1.57. The minimum atomic E-state index is -0.393. The number of carbonyl (C=O) groups excluding carboxylic acids is 1. The predicted octanol–water partition coefficient (Wildman–Crippen LogP) is 1.63. The quantitative estimate of drug-likeness (QED) is 0.632. The third kappa shape index (κ3) is 4.56. The summed E-state index contributed by atoms with van der Waals surface area (Å²) < 4.78 is 9.85. The molecule has 2 N–H and O–H groups in total. The van der Waals surface area contributed by atoms with Gasteiger partial charge in [0.1, 0.15) is 5.75 Å². The van der Waals surface area contributed by atoms with Crippen molar-refractivity contribution >= 4 is 24.1 Å². The van der Waals surface area contributed by atoms with Crippen molar-refractivity contribution in [2.24, 2.45) is 0 Å². The first kappa shape index (κ1) is 13.6. The van der Waals surface area contributed by atoms with E-state index >= 15 is 0 Å². The van der Waals surface area contributed by atoms with Gasteiger partial charge in [0.25, 0.3) is 0 Å². The third-order valence-electron chi connectivity index (χ3n) is 1.57. The number of nitrogen functional groups attached to an aromatic ring is 1. The molecule has 1 aromatic rings. The van der Waals surface area contributed by atoms with Crippen molar-refractivity contribution in [2.75, 3.05) is 18.9 Å². The zero-order chi connectivity index (χ0) is 10.4. The maximum atomic E-state index is 10.9. The van der Waals surface area contributed by atoms with Gasteiger partial charge in [-0.2, -0.15) is 0 Å². The summed E-state index contributed by atoms with van der Waals surface area (Å²) in [4.78, 5) is 10.9. The number of ether oxygens (including phenoxy) is 2. The lowest BCUT2D eigenvalue weighted by Crippen LogP contribution is -2.15. The Bertz CT molecular complexity index is 317. The number of halogens is 1. The van der Waals surface area contributed by atoms with Gasteiger partial charge in [-0.25, -0.2) is 4.79 Å². The van der Waals surface area contributed by atoms with Gasteiger partial charge in [0, 0.05) is 0 Å². The van der Waals surface area contributed by atoms with Crippen LogP contribution in [0.3, 0.4) is 0 Å². The van der Waals surface area contributed by atoms with Crippen LogP contribution in [0.15, 0.2) is 24.3 Å². The molecule has 84 valence electrons. The van der Waals surface area contributed by atoms with Crippen LogP contribution in [0.25, 0.3) is 0 Å². The normalized spacial score (nSPS) is 8.87. The molecular formula is C10H14ClNO3. The number of carbonyl (C=O) groups is 1. The van der Waals surface area contributed by atoms with Crippen molar-refractivity contribution < 1.29 is 14.3 Å². The monoisotopic (exact) mass is 231 g/mol. The number of rotatable bonds is 4. The Balaban J connectivity index is 0.00000196. The van der Waals surface area contributed by atoms with Crippen LogP contribution in [-0.2, 0) is 9.53 Å². The Labute approximate surface area is 94.8 Å². The lowest BCUT2D eigenvalue weighted by atomic mass is 10.3. The molecule has 0 radical (unpaired) electrons. The molecule has 1 aromatic carbocycles. The molecule has 0 fully saturated rings. The molecule has 0 aliphatic rings. The summed E-state index contributed by atoms with van der Waals surface area (Å²) in [5, 5.41) is 0. The molecule has 0 bridgehead atoms. The molecule has 1 rings (SSSR count). The predicted molar refractivity (Wildman–Crippen MR) is 60.2 cm³/mol. The smallest absolute Gasteiger partial charge is 0.344 e. The number of anilines is 1. The SMILES string of the molecule is CCOC(=O)COc1ccccc1N.Cl. The maximum Gasteiger partial charge on any atom is 0.344 e. The van der Waals surface area contributed by atoms with Crippen molar-refractivity contribution in [3.05, 3.63) is 24.3 Å². The summed E-state index contributed by atoms with van der Waals surface area (Å²) in [5.41, 5.74) is 6.11. The molecule has 0 saturated heterocycles. The van der Waals surface area contributed by atoms with E-state index in [1.807, 2.05) is 0 Å². The highest BCUT2D eigenvalue weighted by Crippen LogP contribution is 2.19. The molecular weight excluding hydrogens is 218 g/mol. The van der Waals surface area contributed by atoms with E-state index < -0.39 is 5.97 Å². The maximum absolute atomic E-state index is 10.9. The molecule has 0 aliphatic heterocycles. The summed E-state index contributed by atoms with van der Waals surface area (Å²) in [5.74, 6) is 0.108. The Morgan fingerprint density at radius 3 is 2.67 bits per heavy atom. The Morgan fingerprint density at radius 1 is 1.40 bits per heavy atom. The highest BCUT2D eigenvalue weighted by Gasteiger charge is 2.04. The lowest BCUT2D eigenvalue weighted by Gasteiger charge is -2.07. The molecule has 5 heteroatoms. The lowest BCUT2D eigenvalue weighted by molar-refractivity contribution is -0.145. The first-order valence-corrected chi connectivity index (χ1v) is 4.37. The first-order valence-electron chi connectivity index (χ1n) is 4.37. The summed E-state index contributed by atoms with van der Waals surface area (Å²) in [6.45, 7) is 1.99. The molecule has 0 spiro atoms. The summed E-state index contributed by atoms with van der Waals surface area (Å²) in [6.07, 6.45) is 0. The number of hydrogen-bond acceptors (Lipinski definition) is 4. The van der Waals surface area contributed by atoms with Crippen molar-refractivity contribution in [3.8, 4) is 5.75 Å². The van der Waals surface area contributed by atoms with Crippen LogP contribution in [0, 0.1) is 0 Å². The van der Waals surface area contributed by atoms with Gasteiger partial charge in [-0.1, -0.05) is 12.1 Å². The molecule has 4 nitrogen and oxygen atoms in total. The number of hydrogen-bond donors (Lipinski definition) is 1. The standard InChI is InChI=1S/C10H13NO3.ClH/c1-2-13-10(12)7-14-9-6-4-3-5-8(9)11;/h3-6H,2,7,11H2,1H3;1H. The Kier molecular flexibility index (Phi) is 6.29. The Hall–Kier alpha value is -1.42. The zero-order valence-electron chi connectivity index (χ0n) is 8.43. The molecule has 0 unspecified atom stereocenters. The van der Waals surface area contributed by atoms with E-state index in [0.717, 1.165) is 0 Å². The van der Waals surface area contributed by atoms with Crippen molar-refractivity contribution in [3.63, 3.8) is 0 Å². The largest absolute Gasteiger partial charge is 0.480 e. The summed E-state index contributed by atoms with van der Waals surface area (Å²) in [6, 6.07) is 7.00. The highest BCUT2D eigenvalue weighted by atomic mass is 35.5. The molecule has 0 aromatic heterocycles. The van der Waals surface area contributed by atoms with Crippen LogP contribution in [0.4, 0.5) is 5.69 Å². The van der Waals surface area contributed by atoms with E-state index in [-0.39, 0.29) is 19.0 Å². The molecule has 0 aliphatic carbocycles. The fourth-order valence-electron chi connectivity index (χ4n) is 0.951. The van der Waals surface area contributed by atoms with Crippen LogP contribution in [-0.4, -0.2) is 19.2 Å². The van der Waals surface area contributed by atoms with E-state index in [2.05, 4.69) is 0 Å². The first-order chi connectivity index (χ1) is 6.74. The number of para-hydroxylation sites is 2. The minimum Gasteiger partial charge on any atom is -0.480 e. The average molecular weight is 232 g/mol.